The third-order valence-electron chi connectivity index (χ3n) is 4.13. The monoisotopic (exact) mass is 442 g/mol. The lowest BCUT2D eigenvalue weighted by molar-refractivity contribution is 0.0952. The Kier molecular flexibility index (Phi) is 5.93. The molecule has 2 aromatic rings. The van der Waals surface area contributed by atoms with Crippen molar-refractivity contribution < 1.29 is 13.2 Å². The highest BCUT2D eigenvalue weighted by molar-refractivity contribution is 9.10. The minimum atomic E-state index is -3.61. The zero-order chi connectivity index (χ0) is 17.9. The smallest absolute Gasteiger partial charge is 0.263 e. The molecule has 8 heteroatoms. The van der Waals surface area contributed by atoms with Crippen LogP contribution in [0, 0.1) is 0 Å². The minimum absolute atomic E-state index is 0.118. The van der Waals surface area contributed by atoms with Crippen LogP contribution in [0.3, 0.4) is 0 Å². The molecule has 1 aromatic carbocycles. The first-order chi connectivity index (χ1) is 12.0. The van der Waals surface area contributed by atoms with Crippen LogP contribution in [0.5, 0.6) is 0 Å². The zero-order valence-electron chi connectivity index (χ0n) is 13.6. The van der Waals surface area contributed by atoms with Gasteiger partial charge in [0, 0.05) is 24.1 Å². The number of nitrogens with one attached hydrogen (secondary N) is 1. The van der Waals surface area contributed by atoms with E-state index >= 15 is 0 Å². The van der Waals surface area contributed by atoms with Gasteiger partial charge in [0.05, 0.1) is 0 Å². The highest BCUT2D eigenvalue weighted by Crippen LogP contribution is 2.27. The maximum Gasteiger partial charge on any atom is 0.263 e. The number of piperidine rings is 1. The molecule has 0 saturated carbocycles. The second-order valence-corrected chi connectivity index (χ2v) is 9.63. The van der Waals surface area contributed by atoms with E-state index in [1.807, 2.05) is 24.3 Å². The van der Waals surface area contributed by atoms with Crippen molar-refractivity contribution in [3.05, 3.63) is 50.6 Å². The van der Waals surface area contributed by atoms with Gasteiger partial charge in [0.15, 0.2) is 0 Å². The van der Waals surface area contributed by atoms with Crippen LogP contribution in [0.2, 0.25) is 0 Å². The number of hydrogen-bond donors (Lipinski definition) is 1. The molecule has 1 aromatic heterocycles. The third-order valence-corrected chi connectivity index (χ3v) is 7.65. The van der Waals surface area contributed by atoms with E-state index in [1.54, 1.807) is 5.38 Å². The summed E-state index contributed by atoms with van der Waals surface area (Å²) in [5.74, 6) is -0.353. The molecule has 0 unspecified atom stereocenters. The summed E-state index contributed by atoms with van der Waals surface area (Å²) in [6, 6.07) is 9.15. The molecule has 3 rings (SSSR count). The van der Waals surface area contributed by atoms with Gasteiger partial charge in [0.25, 0.3) is 5.91 Å². The molecule has 2 heterocycles. The van der Waals surface area contributed by atoms with Crippen LogP contribution >= 0.6 is 27.3 Å². The molecule has 1 aliphatic rings. The van der Waals surface area contributed by atoms with Crippen molar-refractivity contribution >= 4 is 43.2 Å². The first-order valence-electron chi connectivity index (χ1n) is 8.09. The average molecular weight is 443 g/mol. The summed E-state index contributed by atoms with van der Waals surface area (Å²) < 4.78 is 28.1. The summed E-state index contributed by atoms with van der Waals surface area (Å²) in [4.78, 5) is 12.9. The molecule has 0 spiro atoms. The molecule has 1 N–H and O–H groups in total. The lowest BCUT2D eigenvalue weighted by Gasteiger charge is -2.25. The van der Waals surface area contributed by atoms with Gasteiger partial charge in [-0.25, -0.2) is 8.42 Å². The molecule has 134 valence electrons. The number of nitrogens with zero attached hydrogens (tertiary/aromatic N) is 1. The van der Waals surface area contributed by atoms with Crippen molar-refractivity contribution in [2.24, 2.45) is 0 Å². The number of carbonyl (C=O) groups excluding carboxylic acids is 1. The fourth-order valence-electron chi connectivity index (χ4n) is 2.78. The van der Waals surface area contributed by atoms with Crippen molar-refractivity contribution in [1.29, 1.82) is 0 Å². The third kappa shape index (κ3) is 4.31. The summed E-state index contributed by atoms with van der Waals surface area (Å²) in [5.41, 5.74) is 0.952. The highest BCUT2D eigenvalue weighted by Gasteiger charge is 2.30. The van der Waals surface area contributed by atoms with E-state index in [1.165, 1.54) is 10.4 Å². The van der Waals surface area contributed by atoms with Gasteiger partial charge in [-0.3, -0.25) is 4.79 Å². The van der Waals surface area contributed by atoms with Crippen molar-refractivity contribution in [1.82, 2.24) is 9.62 Å². The maximum absolute atomic E-state index is 12.8. The highest BCUT2D eigenvalue weighted by atomic mass is 79.9. The summed E-state index contributed by atoms with van der Waals surface area (Å²) in [5, 5.41) is 4.47. The van der Waals surface area contributed by atoms with Crippen LogP contribution in [0.25, 0.3) is 0 Å². The number of carbonyl (C=O) groups is 1. The van der Waals surface area contributed by atoms with E-state index in [0.29, 0.717) is 19.6 Å². The van der Waals surface area contributed by atoms with Gasteiger partial charge in [-0.15, -0.1) is 11.3 Å². The predicted octanol–water partition coefficient (Wildman–Crippen LogP) is 3.62. The van der Waals surface area contributed by atoms with Crippen LogP contribution in [0.15, 0.2) is 45.1 Å². The van der Waals surface area contributed by atoms with Gasteiger partial charge >= 0.3 is 0 Å². The van der Waals surface area contributed by atoms with Crippen LogP contribution in [-0.2, 0) is 16.6 Å². The van der Waals surface area contributed by atoms with Gasteiger partial charge in [-0.05, 0) is 42.0 Å². The summed E-state index contributed by atoms with van der Waals surface area (Å²) in [6.45, 7) is 1.41. The lowest BCUT2D eigenvalue weighted by atomic mass is 10.2. The van der Waals surface area contributed by atoms with Crippen LogP contribution in [-0.4, -0.2) is 31.7 Å². The van der Waals surface area contributed by atoms with Crippen molar-refractivity contribution in [3.8, 4) is 0 Å². The number of thiophene rings is 1. The standard InChI is InChI=1S/C17H19BrN2O3S2/c18-14-6-4-13(5-7-14)12-19-17(21)16-15(8-11-24-16)25(22,23)20-9-2-1-3-10-20/h4-8,11H,1-3,9-10,12H2,(H,19,21). The first kappa shape index (κ1) is 18.6. The van der Waals surface area contributed by atoms with E-state index in [0.717, 1.165) is 40.6 Å². The molecular formula is C17H19BrN2O3S2. The second-order valence-electron chi connectivity index (χ2n) is 5.89. The van der Waals surface area contributed by atoms with E-state index in [2.05, 4.69) is 21.2 Å². The van der Waals surface area contributed by atoms with Gasteiger partial charge in [0.2, 0.25) is 10.0 Å². The number of halogens is 1. The number of rotatable bonds is 5. The summed E-state index contributed by atoms with van der Waals surface area (Å²) in [6.07, 6.45) is 2.79. The van der Waals surface area contributed by atoms with Crippen LogP contribution in [0.4, 0.5) is 0 Å². The molecule has 0 atom stereocenters. The van der Waals surface area contributed by atoms with E-state index in [4.69, 9.17) is 0 Å². The number of amides is 1. The Morgan fingerprint density at radius 1 is 1.12 bits per heavy atom. The van der Waals surface area contributed by atoms with Gasteiger partial charge in [0.1, 0.15) is 9.77 Å². The Hall–Kier alpha value is -1.22. The molecule has 1 saturated heterocycles. The number of sulfonamides is 1. The van der Waals surface area contributed by atoms with Crippen molar-refractivity contribution in [2.45, 2.75) is 30.7 Å². The SMILES string of the molecule is O=C(NCc1ccc(Br)cc1)c1sccc1S(=O)(=O)N1CCCCC1. The fourth-order valence-corrected chi connectivity index (χ4v) is 5.87. The van der Waals surface area contributed by atoms with E-state index < -0.39 is 10.0 Å². The molecule has 0 radical (unpaired) electrons. The number of benzene rings is 1. The second kappa shape index (κ2) is 7.99. The normalized spacial score (nSPS) is 15.9. The lowest BCUT2D eigenvalue weighted by Crippen LogP contribution is -2.36. The van der Waals surface area contributed by atoms with Gasteiger partial charge < -0.3 is 5.32 Å². The van der Waals surface area contributed by atoms with Crippen molar-refractivity contribution in [3.63, 3.8) is 0 Å². The number of hydrogen-bond acceptors (Lipinski definition) is 4. The van der Waals surface area contributed by atoms with Gasteiger partial charge in [-0.1, -0.05) is 34.5 Å². The summed E-state index contributed by atoms with van der Waals surface area (Å²) in [7, 11) is -3.61. The van der Waals surface area contributed by atoms with Gasteiger partial charge in [-0.2, -0.15) is 4.31 Å². The Balaban J connectivity index is 1.74. The molecule has 25 heavy (non-hydrogen) atoms. The minimum Gasteiger partial charge on any atom is -0.347 e. The molecule has 1 aliphatic heterocycles. The largest absolute Gasteiger partial charge is 0.347 e. The Morgan fingerprint density at radius 2 is 1.80 bits per heavy atom. The van der Waals surface area contributed by atoms with Crippen LogP contribution < -0.4 is 5.32 Å². The molecule has 0 aliphatic carbocycles. The average Bonchev–Trinajstić information content (AvgIpc) is 3.12. The molecule has 0 bridgehead atoms. The molecule has 1 fully saturated rings. The Bertz CT molecular complexity index is 841. The Morgan fingerprint density at radius 3 is 2.48 bits per heavy atom. The zero-order valence-corrected chi connectivity index (χ0v) is 16.8. The maximum atomic E-state index is 12.8. The van der Waals surface area contributed by atoms with Crippen LogP contribution in [0.1, 0.15) is 34.5 Å². The Labute approximate surface area is 160 Å². The molecule has 5 nitrogen and oxygen atoms in total. The quantitative estimate of drug-likeness (QED) is 0.768. The predicted molar refractivity (Wildman–Crippen MR) is 102 cm³/mol. The van der Waals surface area contributed by atoms with E-state index in [-0.39, 0.29) is 15.7 Å². The molecular weight excluding hydrogens is 424 g/mol. The first-order valence-corrected chi connectivity index (χ1v) is 11.2. The topological polar surface area (TPSA) is 66.5 Å². The van der Waals surface area contributed by atoms with E-state index in [9.17, 15) is 13.2 Å². The molecule has 1 amide bonds. The summed E-state index contributed by atoms with van der Waals surface area (Å²) >= 11 is 4.53. The van der Waals surface area contributed by atoms with Crippen molar-refractivity contribution in [2.75, 3.05) is 13.1 Å². The fraction of sp³-hybridized carbons (Fsp3) is 0.353.